The van der Waals surface area contributed by atoms with Crippen LogP contribution in [-0.2, 0) is 14.6 Å². The Bertz CT molecular complexity index is 1220. The average molecular weight is 428 g/mol. The molecule has 0 radical (unpaired) electrons. The molecule has 6 nitrogen and oxygen atoms in total. The van der Waals surface area contributed by atoms with Gasteiger partial charge in [0.2, 0.25) is 9.84 Å². The number of esters is 1. The third-order valence-electron chi connectivity index (χ3n) is 3.77. The Morgan fingerprint density at radius 2 is 1.66 bits per heavy atom. The van der Waals surface area contributed by atoms with Crippen LogP contribution in [-0.4, -0.2) is 14.4 Å². The van der Waals surface area contributed by atoms with Gasteiger partial charge >= 0.3 is 5.97 Å². The van der Waals surface area contributed by atoms with E-state index in [2.05, 4.69) is 0 Å². The minimum Gasteiger partial charge on any atom is -0.456 e. The number of hydrogen-bond acceptors (Lipinski definition) is 6. The Hall–Kier alpha value is -3.34. The summed E-state index contributed by atoms with van der Waals surface area (Å²) in [6.45, 7) is 1.25. The zero-order valence-corrected chi connectivity index (χ0v) is 16.7. The minimum absolute atomic E-state index is 0.0241. The molecule has 3 aromatic carbocycles. The molecular formula is C21H14ClNO5S. The highest BCUT2D eigenvalue weighted by Crippen LogP contribution is 2.33. The van der Waals surface area contributed by atoms with Crippen molar-refractivity contribution in [3.63, 3.8) is 0 Å². The third-order valence-corrected chi connectivity index (χ3v) is 5.76. The largest absolute Gasteiger partial charge is 0.456 e. The first-order valence-electron chi connectivity index (χ1n) is 8.31. The van der Waals surface area contributed by atoms with Gasteiger partial charge in [0.25, 0.3) is 0 Å². The topological polar surface area (TPSA) is 93.5 Å². The van der Waals surface area contributed by atoms with E-state index >= 15 is 0 Å². The molecule has 0 fully saturated rings. The molecule has 8 heteroatoms. The van der Waals surface area contributed by atoms with Gasteiger partial charge < -0.3 is 9.47 Å². The summed E-state index contributed by atoms with van der Waals surface area (Å²) in [4.78, 5) is 11.2. The van der Waals surface area contributed by atoms with Gasteiger partial charge in [-0.2, -0.15) is 5.26 Å². The van der Waals surface area contributed by atoms with E-state index in [0.717, 1.165) is 0 Å². The fraction of sp³-hybridized carbons (Fsp3) is 0.0476. The van der Waals surface area contributed by atoms with E-state index in [1.54, 1.807) is 18.2 Å². The van der Waals surface area contributed by atoms with Crippen molar-refractivity contribution in [2.24, 2.45) is 0 Å². The van der Waals surface area contributed by atoms with E-state index in [9.17, 15) is 18.5 Å². The van der Waals surface area contributed by atoms with Gasteiger partial charge in [0.15, 0.2) is 0 Å². The molecular weight excluding hydrogens is 414 g/mol. The number of nitriles is 1. The second-order valence-corrected chi connectivity index (χ2v) is 8.29. The number of benzene rings is 3. The molecule has 0 aliphatic rings. The van der Waals surface area contributed by atoms with Crippen LogP contribution in [0.1, 0.15) is 12.5 Å². The van der Waals surface area contributed by atoms with E-state index in [-0.39, 0.29) is 37.6 Å². The Kier molecular flexibility index (Phi) is 5.87. The van der Waals surface area contributed by atoms with E-state index in [1.807, 2.05) is 6.07 Å². The lowest BCUT2D eigenvalue weighted by Crippen LogP contribution is -2.03. The molecule has 29 heavy (non-hydrogen) atoms. The standard InChI is InChI=1S/C21H14ClNO5S/c1-14(24)27-17-10-16(22)11-18(12-17)28-21-8-7-20(9-15(21)13-23)29(25,26)19-5-3-2-4-6-19/h2-12H,1H3. The maximum atomic E-state index is 12.7. The molecule has 0 amide bonds. The van der Waals surface area contributed by atoms with E-state index in [4.69, 9.17) is 21.1 Å². The Morgan fingerprint density at radius 1 is 0.966 bits per heavy atom. The van der Waals surface area contributed by atoms with Crippen LogP contribution in [0, 0.1) is 11.3 Å². The molecule has 0 aliphatic carbocycles. The van der Waals surface area contributed by atoms with Crippen molar-refractivity contribution in [3.8, 4) is 23.3 Å². The van der Waals surface area contributed by atoms with Gasteiger partial charge in [-0.15, -0.1) is 0 Å². The summed E-state index contributed by atoms with van der Waals surface area (Å²) < 4.78 is 36.2. The summed E-state index contributed by atoms with van der Waals surface area (Å²) in [5.41, 5.74) is 0.0241. The van der Waals surface area contributed by atoms with Crippen LogP contribution in [0.25, 0.3) is 0 Å². The molecule has 146 valence electrons. The molecule has 3 aromatic rings. The quantitative estimate of drug-likeness (QED) is 0.430. The Morgan fingerprint density at radius 3 is 2.31 bits per heavy atom. The number of rotatable bonds is 5. The molecule has 0 unspecified atom stereocenters. The molecule has 0 heterocycles. The van der Waals surface area contributed by atoms with Crippen LogP contribution in [0.4, 0.5) is 0 Å². The van der Waals surface area contributed by atoms with Crippen LogP contribution < -0.4 is 9.47 Å². The maximum absolute atomic E-state index is 12.7. The highest BCUT2D eigenvalue weighted by Gasteiger charge is 2.19. The van der Waals surface area contributed by atoms with Gasteiger partial charge in [-0.05, 0) is 42.5 Å². The molecule has 3 rings (SSSR count). The highest BCUT2D eigenvalue weighted by atomic mass is 35.5. The second kappa shape index (κ2) is 8.35. The van der Waals surface area contributed by atoms with Crippen molar-refractivity contribution in [2.75, 3.05) is 0 Å². The third kappa shape index (κ3) is 4.74. The number of carbonyl (C=O) groups is 1. The molecule has 0 aromatic heterocycles. The van der Waals surface area contributed by atoms with Crippen molar-refractivity contribution >= 4 is 27.4 Å². The van der Waals surface area contributed by atoms with Gasteiger partial charge in [0.1, 0.15) is 23.3 Å². The average Bonchev–Trinajstić information content (AvgIpc) is 2.68. The van der Waals surface area contributed by atoms with Gasteiger partial charge in [-0.25, -0.2) is 8.42 Å². The predicted octanol–water partition coefficient (Wildman–Crippen LogP) is 4.76. The molecule has 0 spiro atoms. The molecule has 0 N–H and O–H groups in total. The summed E-state index contributed by atoms with van der Waals surface area (Å²) >= 11 is 6.01. The predicted molar refractivity (Wildman–Crippen MR) is 106 cm³/mol. The summed E-state index contributed by atoms with van der Waals surface area (Å²) in [5, 5.41) is 9.73. The van der Waals surface area contributed by atoms with Crippen molar-refractivity contribution in [1.29, 1.82) is 5.26 Å². The molecule has 0 atom stereocenters. The fourth-order valence-corrected chi connectivity index (χ4v) is 4.06. The molecule has 0 saturated heterocycles. The van der Waals surface area contributed by atoms with E-state index < -0.39 is 15.8 Å². The van der Waals surface area contributed by atoms with Crippen LogP contribution in [0.3, 0.4) is 0 Å². The zero-order chi connectivity index (χ0) is 21.0. The van der Waals surface area contributed by atoms with Crippen molar-refractivity contribution in [3.05, 3.63) is 77.3 Å². The lowest BCUT2D eigenvalue weighted by atomic mass is 10.2. The van der Waals surface area contributed by atoms with Crippen LogP contribution in [0.15, 0.2) is 76.5 Å². The van der Waals surface area contributed by atoms with Crippen LogP contribution >= 0.6 is 11.6 Å². The van der Waals surface area contributed by atoms with Gasteiger partial charge in [0, 0.05) is 18.0 Å². The minimum atomic E-state index is -3.77. The van der Waals surface area contributed by atoms with Gasteiger partial charge in [0.05, 0.1) is 15.4 Å². The molecule has 0 bridgehead atoms. The lowest BCUT2D eigenvalue weighted by Gasteiger charge is -2.11. The Balaban J connectivity index is 1.96. The van der Waals surface area contributed by atoms with E-state index in [1.165, 1.54) is 55.5 Å². The van der Waals surface area contributed by atoms with Crippen LogP contribution in [0.5, 0.6) is 17.2 Å². The Labute approximate surface area is 172 Å². The first-order valence-corrected chi connectivity index (χ1v) is 10.2. The number of sulfone groups is 1. The fourth-order valence-electron chi connectivity index (χ4n) is 2.54. The summed E-state index contributed by atoms with van der Waals surface area (Å²) in [6, 6.07) is 18.2. The maximum Gasteiger partial charge on any atom is 0.308 e. The monoisotopic (exact) mass is 427 g/mol. The number of halogens is 1. The van der Waals surface area contributed by atoms with Crippen LogP contribution in [0.2, 0.25) is 5.02 Å². The first-order chi connectivity index (χ1) is 13.8. The second-order valence-electron chi connectivity index (χ2n) is 5.90. The zero-order valence-electron chi connectivity index (χ0n) is 15.1. The number of ether oxygens (including phenoxy) is 2. The number of hydrogen-bond donors (Lipinski definition) is 0. The van der Waals surface area contributed by atoms with Crippen molar-refractivity contribution < 1.29 is 22.7 Å². The number of carbonyl (C=O) groups excluding carboxylic acids is 1. The molecule has 0 aliphatic heterocycles. The van der Waals surface area contributed by atoms with Gasteiger partial charge in [-0.1, -0.05) is 29.8 Å². The molecule has 0 saturated carbocycles. The highest BCUT2D eigenvalue weighted by molar-refractivity contribution is 7.91. The summed E-state index contributed by atoms with van der Waals surface area (Å²) in [5.74, 6) is 0.0210. The summed E-state index contributed by atoms with van der Waals surface area (Å²) in [6.07, 6.45) is 0. The number of nitrogens with zero attached hydrogens (tertiary/aromatic N) is 1. The SMILES string of the molecule is CC(=O)Oc1cc(Cl)cc(Oc2ccc(S(=O)(=O)c3ccccc3)cc2C#N)c1. The van der Waals surface area contributed by atoms with Gasteiger partial charge in [-0.3, -0.25) is 4.79 Å². The smallest absolute Gasteiger partial charge is 0.308 e. The van der Waals surface area contributed by atoms with E-state index in [0.29, 0.717) is 0 Å². The first kappa shape index (κ1) is 20.4. The van der Waals surface area contributed by atoms with Crippen molar-refractivity contribution in [1.82, 2.24) is 0 Å². The van der Waals surface area contributed by atoms with Crippen molar-refractivity contribution in [2.45, 2.75) is 16.7 Å². The lowest BCUT2D eigenvalue weighted by molar-refractivity contribution is -0.131. The summed E-state index contributed by atoms with van der Waals surface area (Å²) in [7, 11) is -3.77. The normalized spacial score (nSPS) is 10.8.